The van der Waals surface area contributed by atoms with Gasteiger partial charge in [-0.25, -0.2) is 0 Å². The van der Waals surface area contributed by atoms with Crippen LogP contribution < -0.4 is 10.6 Å². The average Bonchev–Trinajstić information content (AvgIpc) is 2.69. The predicted octanol–water partition coefficient (Wildman–Crippen LogP) is 6.52. The van der Waals surface area contributed by atoms with Gasteiger partial charge in [-0.2, -0.15) is 13.2 Å². The molecule has 3 aromatic carbocycles. The summed E-state index contributed by atoms with van der Waals surface area (Å²) in [6.45, 7) is 0. The van der Waals surface area contributed by atoms with Crippen LogP contribution in [0.4, 0.5) is 24.5 Å². The van der Waals surface area contributed by atoms with E-state index >= 15 is 0 Å². The van der Waals surface area contributed by atoms with Crippen LogP contribution in [0.15, 0.2) is 66.7 Å². The van der Waals surface area contributed by atoms with Gasteiger partial charge in [-0.1, -0.05) is 41.4 Å². The summed E-state index contributed by atoms with van der Waals surface area (Å²) in [5.41, 5.74) is -0.918. The molecule has 0 saturated heterocycles. The molecule has 0 spiro atoms. The van der Waals surface area contributed by atoms with Gasteiger partial charge in [0.1, 0.15) is 0 Å². The molecule has 4 nitrogen and oxygen atoms in total. The van der Waals surface area contributed by atoms with Gasteiger partial charge in [0.25, 0.3) is 11.8 Å². The van der Waals surface area contributed by atoms with E-state index in [0.717, 1.165) is 12.1 Å². The third-order valence-electron chi connectivity index (χ3n) is 3.99. The fraction of sp³-hybridized carbons (Fsp3) is 0.0476. The van der Waals surface area contributed by atoms with Gasteiger partial charge in [0.2, 0.25) is 0 Å². The SMILES string of the molecule is O=C(Nc1cc(NC(=O)c2ccc(Cl)c(Cl)c2)cc(C(F)(F)F)c1)c1ccccc1. The number of carbonyl (C=O) groups excluding carboxylic acids is 2. The summed E-state index contributed by atoms with van der Waals surface area (Å²) in [7, 11) is 0. The molecule has 0 aromatic heterocycles. The maximum Gasteiger partial charge on any atom is 0.416 e. The Hall–Kier alpha value is -3.03. The first-order chi connectivity index (χ1) is 14.1. The maximum atomic E-state index is 13.3. The van der Waals surface area contributed by atoms with E-state index in [1.807, 2.05) is 0 Å². The second kappa shape index (κ2) is 8.77. The molecule has 9 heteroatoms. The minimum atomic E-state index is -4.68. The number of amides is 2. The van der Waals surface area contributed by atoms with Crippen molar-refractivity contribution < 1.29 is 22.8 Å². The topological polar surface area (TPSA) is 58.2 Å². The van der Waals surface area contributed by atoms with Crippen molar-refractivity contribution in [1.29, 1.82) is 0 Å². The number of alkyl halides is 3. The van der Waals surface area contributed by atoms with Crippen molar-refractivity contribution in [3.8, 4) is 0 Å². The zero-order chi connectivity index (χ0) is 21.9. The van der Waals surface area contributed by atoms with Crippen LogP contribution in [0.3, 0.4) is 0 Å². The fourth-order valence-electron chi connectivity index (χ4n) is 2.57. The highest BCUT2D eigenvalue weighted by Crippen LogP contribution is 2.34. The van der Waals surface area contributed by atoms with Crippen LogP contribution >= 0.6 is 23.2 Å². The van der Waals surface area contributed by atoms with Crippen molar-refractivity contribution in [1.82, 2.24) is 0 Å². The van der Waals surface area contributed by atoms with Crippen LogP contribution in [-0.2, 0) is 6.18 Å². The van der Waals surface area contributed by atoms with Crippen LogP contribution in [0.1, 0.15) is 26.3 Å². The van der Waals surface area contributed by atoms with Crippen molar-refractivity contribution >= 4 is 46.4 Å². The van der Waals surface area contributed by atoms with Gasteiger partial charge in [0.05, 0.1) is 15.6 Å². The number of halogens is 5. The maximum absolute atomic E-state index is 13.3. The van der Waals surface area contributed by atoms with Crippen molar-refractivity contribution in [2.45, 2.75) is 6.18 Å². The number of anilines is 2. The van der Waals surface area contributed by atoms with E-state index in [2.05, 4.69) is 10.6 Å². The molecule has 0 radical (unpaired) electrons. The minimum absolute atomic E-state index is 0.108. The first-order valence-electron chi connectivity index (χ1n) is 8.48. The lowest BCUT2D eigenvalue weighted by atomic mass is 10.1. The molecule has 2 N–H and O–H groups in total. The Morgan fingerprint density at radius 3 is 1.80 bits per heavy atom. The van der Waals surface area contributed by atoms with Crippen LogP contribution in [0, 0.1) is 0 Å². The third kappa shape index (κ3) is 5.31. The molecule has 3 aromatic rings. The van der Waals surface area contributed by atoms with E-state index in [9.17, 15) is 22.8 Å². The van der Waals surface area contributed by atoms with E-state index < -0.39 is 23.6 Å². The molecule has 0 bridgehead atoms. The molecule has 0 aliphatic carbocycles. The number of hydrogen-bond donors (Lipinski definition) is 2. The number of hydrogen-bond acceptors (Lipinski definition) is 2. The van der Waals surface area contributed by atoms with E-state index in [1.165, 1.54) is 36.4 Å². The van der Waals surface area contributed by atoms with E-state index in [1.54, 1.807) is 18.2 Å². The first-order valence-corrected chi connectivity index (χ1v) is 9.24. The van der Waals surface area contributed by atoms with Crippen LogP contribution in [-0.4, -0.2) is 11.8 Å². The molecule has 0 fully saturated rings. The molecular formula is C21H13Cl2F3N2O2. The standard InChI is InChI=1S/C21H13Cl2F3N2O2/c22-17-7-6-13(8-18(17)23)20(30)28-16-10-14(21(24,25)26)9-15(11-16)27-19(29)12-4-2-1-3-5-12/h1-11H,(H,27,29)(H,28,30). The molecule has 30 heavy (non-hydrogen) atoms. The number of rotatable bonds is 4. The van der Waals surface area contributed by atoms with Gasteiger partial charge < -0.3 is 10.6 Å². The molecule has 2 amide bonds. The Balaban J connectivity index is 1.90. The zero-order valence-corrected chi connectivity index (χ0v) is 16.6. The highest BCUT2D eigenvalue weighted by Gasteiger charge is 2.31. The minimum Gasteiger partial charge on any atom is -0.322 e. The van der Waals surface area contributed by atoms with Crippen LogP contribution in [0.5, 0.6) is 0 Å². The summed E-state index contributed by atoms with van der Waals surface area (Å²) in [6.07, 6.45) is -4.68. The monoisotopic (exact) mass is 452 g/mol. The summed E-state index contributed by atoms with van der Waals surface area (Å²) in [5.74, 6) is -1.27. The Morgan fingerprint density at radius 2 is 1.27 bits per heavy atom. The number of benzene rings is 3. The summed E-state index contributed by atoms with van der Waals surface area (Å²) in [4.78, 5) is 24.7. The molecule has 0 aliphatic heterocycles. The molecular weight excluding hydrogens is 440 g/mol. The van der Waals surface area contributed by atoms with Crippen molar-refractivity contribution in [2.75, 3.05) is 10.6 Å². The van der Waals surface area contributed by atoms with E-state index in [4.69, 9.17) is 23.2 Å². The molecule has 154 valence electrons. The molecule has 0 heterocycles. The zero-order valence-electron chi connectivity index (χ0n) is 15.1. The fourth-order valence-corrected chi connectivity index (χ4v) is 2.87. The molecule has 0 atom stereocenters. The van der Waals surface area contributed by atoms with Gasteiger partial charge in [0.15, 0.2) is 0 Å². The quantitative estimate of drug-likeness (QED) is 0.473. The summed E-state index contributed by atoms with van der Waals surface area (Å²) in [6, 6.07) is 14.9. The number of carbonyl (C=O) groups is 2. The van der Waals surface area contributed by atoms with Gasteiger partial charge >= 0.3 is 6.18 Å². The number of nitrogens with one attached hydrogen (secondary N) is 2. The Kier molecular flexibility index (Phi) is 6.34. The molecule has 0 saturated carbocycles. The normalized spacial score (nSPS) is 11.1. The van der Waals surface area contributed by atoms with Gasteiger partial charge in [-0.05, 0) is 48.5 Å². The average molecular weight is 453 g/mol. The lowest BCUT2D eigenvalue weighted by Crippen LogP contribution is -2.16. The molecule has 0 unspecified atom stereocenters. The Morgan fingerprint density at radius 1 is 0.700 bits per heavy atom. The first kappa shape index (κ1) is 21.7. The second-order valence-electron chi connectivity index (χ2n) is 6.20. The van der Waals surface area contributed by atoms with Crippen molar-refractivity contribution in [2.24, 2.45) is 0 Å². The predicted molar refractivity (Wildman–Crippen MR) is 110 cm³/mol. The van der Waals surface area contributed by atoms with E-state index in [0.29, 0.717) is 0 Å². The third-order valence-corrected chi connectivity index (χ3v) is 4.73. The van der Waals surface area contributed by atoms with Gasteiger partial charge in [-0.3, -0.25) is 9.59 Å². The second-order valence-corrected chi connectivity index (χ2v) is 7.01. The summed E-state index contributed by atoms with van der Waals surface area (Å²) < 4.78 is 39.9. The van der Waals surface area contributed by atoms with Crippen LogP contribution in [0.25, 0.3) is 0 Å². The van der Waals surface area contributed by atoms with Crippen molar-refractivity contribution in [3.63, 3.8) is 0 Å². The summed E-state index contributed by atoms with van der Waals surface area (Å²) in [5, 5.41) is 5.15. The smallest absolute Gasteiger partial charge is 0.322 e. The van der Waals surface area contributed by atoms with Gasteiger partial charge in [0, 0.05) is 22.5 Å². The largest absolute Gasteiger partial charge is 0.416 e. The highest BCUT2D eigenvalue weighted by molar-refractivity contribution is 6.42. The summed E-state index contributed by atoms with van der Waals surface area (Å²) >= 11 is 11.7. The van der Waals surface area contributed by atoms with Crippen molar-refractivity contribution in [3.05, 3.63) is 93.5 Å². The van der Waals surface area contributed by atoms with Gasteiger partial charge in [-0.15, -0.1) is 0 Å². The Labute approximate surface area is 179 Å². The molecule has 0 aliphatic rings. The molecule has 3 rings (SSSR count). The lowest BCUT2D eigenvalue weighted by molar-refractivity contribution is -0.137. The van der Waals surface area contributed by atoms with E-state index in [-0.39, 0.29) is 32.5 Å². The van der Waals surface area contributed by atoms with Crippen LogP contribution in [0.2, 0.25) is 10.0 Å². The lowest BCUT2D eigenvalue weighted by Gasteiger charge is -2.14. The highest BCUT2D eigenvalue weighted by atomic mass is 35.5. The Bertz CT molecular complexity index is 1100.